The number of carbonyl (C=O) groups is 2. The lowest BCUT2D eigenvalue weighted by Crippen LogP contribution is -2.46. The Morgan fingerprint density at radius 1 is 1.12 bits per heavy atom. The molecular formula is C20H22ClFN2O2. The van der Waals surface area contributed by atoms with E-state index in [1.807, 2.05) is 18.2 Å². The molecule has 1 unspecified atom stereocenters. The fourth-order valence-electron chi connectivity index (χ4n) is 2.69. The van der Waals surface area contributed by atoms with Crippen LogP contribution in [0.25, 0.3) is 0 Å². The quantitative estimate of drug-likeness (QED) is 0.803. The van der Waals surface area contributed by atoms with Gasteiger partial charge in [0.1, 0.15) is 11.9 Å². The summed E-state index contributed by atoms with van der Waals surface area (Å²) in [5, 5.41) is 3.13. The Morgan fingerprint density at radius 3 is 2.35 bits per heavy atom. The summed E-state index contributed by atoms with van der Waals surface area (Å²) in [6.45, 7) is 1.66. The number of nitrogens with zero attached hydrogens (tertiary/aromatic N) is 1. The van der Waals surface area contributed by atoms with Crippen molar-refractivity contribution in [1.82, 2.24) is 10.2 Å². The minimum absolute atomic E-state index is 0.0304. The highest BCUT2D eigenvalue weighted by Crippen LogP contribution is 2.19. The van der Waals surface area contributed by atoms with Gasteiger partial charge in [-0.15, -0.1) is 0 Å². The second-order valence-electron chi connectivity index (χ2n) is 5.99. The number of hydrogen-bond donors (Lipinski definition) is 1. The monoisotopic (exact) mass is 376 g/mol. The standard InChI is InChI=1S/C20H22ClFN2O2/c1-14(20(26)23-2)24(13-16-8-4-6-10-18(16)22)19(25)12-11-15-7-3-5-9-17(15)21/h3-10,14H,11-13H2,1-2H3,(H,23,26). The first-order valence-corrected chi connectivity index (χ1v) is 8.79. The molecule has 138 valence electrons. The Kier molecular flexibility index (Phi) is 7.16. The Balaban J connectivity index is 2.17. The number of amides is 2. The molecule has 0 saturated heterocycles. The number of rotatable bonds is 7. The number of aryl methyl sites for hydroxylation is 1. The van der Waals surface area contributed by atoms with Gasteiger partial charge in [0.05, 0.1) is 0 Å². The SMILES string of the molecule is CNC(=O)C(C)N(Cc1ccccc1F)C(=O)CCc1ccccc1Cl. The van der Waals surface area contributed by atoms with Crippen LogP contribution >= 0.6 is 11.6 Å². The van der Waals surface area contributed by atoms with Gasteiger partial charge in [0.2, 0.25) is 11.8 Å². The van der Waals surface area contributed by atoms with Crippen LogP contribution in [0.3, 0.4) is 0 Å². The topological polar surface area (TPSA) is 49.4 Å². The average molecular weight is 377 g/mol. The predicted molar refractivity (Wildman–Crippen MR) is 100 cm³/mol. The smallest absolute Gasteiger partial charge is 0.242 e. The molecule has 0 radical (unpaired) electrons. The number of likely N-dealkylation sites (N-methyl/N-ethyl adjacent to an activating group) is 1. The first-order chi connectivity index (χ1) is 12.4. The van der Waals surface area contributed by atoms with Gasteiger partial charge in [-0.2, -0.15) is 0 Å². The molecule has 0 aliphatic carbocycles. The Labute approximate surface area is 158 Å². The van der Waals surface area contributed by atoms with Crippen LogP contribution in [-0.2, 0) is 22.6 Å². The van der Waals surface area contributed by atoms with Crippen LogP contribution in [0.4, 0.5) is 4.39 Å². The molecule has 0 bridgehead atoms. The number of carbonyl (C=O) groups excluding carboxylic acids is 2. The van der Waals surface area contributed by atoms with Crippen molar-refractivity contribution in [3.8, 4) is 0 Å². The van der Waals surface area contributed by atoms with E-state index >= 15 is 0 Å². The third-order valence-corrected chi connectivity index (χ3v) is 4.65. The molecule has 0 saturated carbocycles. The molecule has 2 aromatic carbocycles. The Morgan fingerprint density at radius 2 is 1.73 bits per heavy atom. The summed E-state index contributed by atoms with van der Waals surface area (Å²) in [4.78, 5) is 26.2. The molecule has 0 fully saturated rings. The minimum Gasteiger partial charge on any atom is -0.357 e. The van der Waals surface area contributed by atoms with Crippen LogP contribution < -0.4 is 5.32 Å². The summed E-state index contributed by atoms with van der Waals surface area (Å²) in [5.74, 6) is -0.933. The van der Waals surface area contributed by atoms with E-state index in [0.29, 0.717) is 17.0 Å². The largest absolute Gasteiger partial charge is 0.357 e. The lowest BCUT2D eigenvalue weighted by atomic mass is 10.1. The van der Waals surface area contributed by atoms with Crippen molar-refractivity contribution in [2.24, 2.45) is 0 Å². The summed E-state index contributed by atoms with van der Waals surface area (Å²) >= 11 is 6.13. The molecule has 26 heavy (non-hydrogen) atoms. The van der Waals surface area contributed by atoms with Crippen molar-refractivity contribution < 1.29 is 14.0 Å². The van der Waals surface area contributed by atoms with Crippen LogP contribution in [0.5, 0.6) is 0 Å². The molecule has 1 N–H and O–H groups in total. The number of hydrogen-bond acceptors (Lipinski definition) is 2. The van der Waals surface area contributed by atoms with Gasteiger partial charge in [-0.3, -0.25) is 9.59 Å². The Hall–Kier alpha value is -2.40. The van der Waals surface area contributed by atoms with Gasteiger partial charge in [0.25, 0.3) is 0 Å². The molecule has 6 heteroatoms. The van der Waals surface area contributed by atoms with E-state index in [1.165, 1.54) is 18.0 Å². The fourth-order valence-corrected chi connectivity index (χ4v) is 2.92. The van der Waals surface area contributed by atoms with E-state index in [9.17, 15) is 14.0 Å². The van der Waals surface area contributed by atoms with Crippen LogP contribution in [0, 0.1) is 5.82 Å². The molecule has 4 nitrogen and oxygen atoms in total. The van der Waals surface area contributed by atoms with Crippen molar-refractivity contribution in [2.45, 2.75) is 32.4 Å². The van der Waals surface area contributed by atoms with Crippen molar-refractivity contribution in [2.75, 3.05) is 7.05 Å². The highest BCUT2D eigenvalue weighted by molar-refractivity contribution is 6.31. The lowest BCUT2D eigenvalue weighted by molar-refractivity contribution is -0.140. The highest BCUT2D eigenvalue weighted by Gasteiger charge is 2.26. The van der Waals surface area contributed by atoms with Crippen molar-refractivity contribution in [3.05, 3.63) is 70.5 Å². The third-order valence-electron chi connectivity index (χ3n) is 4.28. The number of nitrogens with one attached hydrogen (secondary N) is 1. The number of halogens is 2. The number of benzene rings is 2. The summed E-state index contributed by atoms with van der Waals surface area (Å²) < 4.78 is 14.0. The fraction of sp³-hybridized carbons (Fsp3) is 0.300. The van der Waals surface area contributed by atoms with Gasteiger partial charge in [0.15, 0.2) is 0 Å². The third kappa shape index (κ3) is 5.05. The second kappa shape index (κ2) is 9.34. The highest BCUT2D eigenvalue weighted by atomic mass is 35.5. The predicted octanol–water partition coefficient (Wildman–Crippen LogP) is 3.58. The summed E-state index contributed by atoms with van der Waals surface area (Å²) in [5.41, 5.74) is 1.23. The molecule has 0 aromatic heterocycles. The molecule has 0 spiro atoms. The van der Waals surface area contributed by atoms with Gasteiger partial charge in [0, 0.05) is 30.6 Å². The summed E-state index contributed by atoms with van der Waals surface area (Å²) in [6.07, 6.45) is 0.631. The van der Waals surface area contributed by atoms with E-state index in [0.717, 1.165) is 5.56 Å². The van der Waals surface area contributed by atoms with Gasteiger partial charge in [-0.25, -0.2) is 4.39 Å². The summed E-state index contributed by atoms with van der Waals surface area (Å²) in [6, 6.07) is 12.8. The zero-order valence-electron chi connectivity index (χ0n) is 14.8. The average Bonchev–Trinajstić information content (AvgIpc) is 2.65. The minimum atomic E-state index is -0.710. The molecule has 2 aromatic rings. The van der Waals surface area contributed by atoms with Crippen LogP contribution in [0.2, 0.25) is 5.02 Å². The van der Waals surface area contributed by atoms with E-state index in [1.54, 1.807) is 31.2 Å². The first-order valence-electron chi connectivity index (χ1n) is 8.42. The van der Waals surface area contributed by atoms with Gasteiger partial charge in [-0.05, 0) is 31.0 Å². The van der Waals surface area contributed by atoms with Crippen LogP contribution in [0.15, 0.2) is 48.5 Å². The molecule has 2 amide bonds. The normalized spacial score (nSPS) is 11.7. The van der Waals surface area contributed by atoms with E-state index in [2.05, 4.69) is 5.32 Å². The Bertz CT molecular complexity index is 782. The van der Waals surface area contributed by atoms with Crippen molar-refractivity contribution in [1.29, 1.82) is 0 Å². The van der Waals surface area contributed by atoms with Gasteiger partial charge >= 0.3 is 0 Å². The lowest BCUT2D eigenvalue weighted by Gasteiger charge is -2.28. The van der Waals surface area contributed by atoms with E-state index in [-0.39, 0.29) is 24.8 Å². The first kappa shape index (κ1) is 19.9. The maximum atomic E-state index is 14.0. The molecule has 0 aliphatic rings. The van der Waals surface area contributed by atoms with E-state index < -0.39 is 11.9 Å². The van der Waals surface area contributed by atoms with Crippen LogP contribution in [-0.4, -0.2) is 29.8 Å². The van der Waals surface area contributed by atoms with E-state index in [4.69, 9.17) is 11.6 Å². The van der Waals surface area contributed by atoms with Gasteiger partial charge < -0.3 is 10.2 Å². The molecule has 0 aliphatic heterocycles. The molecule has 0 heterocycles. The second-order valence-corrected chi connectivity index (χ2v) is 6.40. The molecule has 1 atom stereocenters. The maximum Gasteiger partial charge on any atom is 0.242 e. The molecular weight excluding hydrogens is 355 g/mol. The maximum absolute atomic E-state index is 14.0. The van der Waals surface area contributed by atoms with Crippen molar-refractivity contribution >= 4 is 23.4 Å². The zero-order valence-corrected chi connectivity index (χ0v) is 15.6. The van der Waals surface area contributed by atoms with Gasteiger partial charge in [-0.1, -0.05) is 48.0 Å². The van der Waals surface area contributed by atoms with Crippen molar-refractivity contribution in [3.63, 3.8) is 0 Å². The van der Waals surface area contributed by atoms with Crippen LogP contribution in [0.1, 0.15) is 24.5 Å². The zero-order chi connectivity index (χ0) is 19.1. The molecule has 2 rings (SSSR count). The summed E-state index contributed by atoms with van der Waals surface area (Å²) in [7, 11) is 1.51.